The number of anilines is 1. The monoisotopic (exact) mass is 587 g/mol. The molecule has 0 aliphatic rings. The molecular formula is C27H23Cl2N3O6S. The molecule has 0 fully saturated rings. The summed E-state index contributed by atoms with van der Waals surface area (Å²) in [7, 11) is -4.63. The predicted molar refractivity (Wildman–Crippen MR) is 151 cm³/mol. The van der Waals surface area contributed by atoms with Crippen molar-refractivity contribution in [1.82, 2.24) is 0 Å². The third kappa shape index (κ3) is 6.15. The topological polar surface area (TPSA) is 138 Å². The minimum absolute atomic E-state index is 0.0388. The Hall–Kier alpha value is -3.70. The van der Waals surface area contributed by atoms with E-state index in [0.717, 1.165) is 0 Å². The van der Waals surface area contributed by atoms with Gasteiger partial charge in [-0.2, -0.15) is 8.42 Å². The van der Waals surface area contributed by atoms with Crippen LogP contribution in [0.2, 0.25) is 10.0 Å². The summed E-state index contributed by atoms with van der Waals surface area (Å²) >= 11 is 12.5. The number of fused-ring (bicyclic) bond motifs is 1. The van der Waals surface area contributed by atoms with Crippen molar-refractivity contribution >= 4 is 67.1 Å². The number of aromatic hydroxyl groups is 1. The SMILES string of the molecule is CCOc1ccc(NC(=O)c2cc3ccccc3c(N=Nc3cc(CC)cc(S(=O)(=O)O)c3Cl)c2O)c(Cl)c1. The summed E-state index contributed by atoms with van der Waals surface area (Å²) in [5, 5.41) is 23.0. The van der Waals surface area contributed by atoms with Gasteiger partial charge in [0.05, 0.1) is 27.9 Å². The van der Waals surface area contributed by atoms with E-state index in [0.29, 0.717) is 40.8 Å². The van der Waals surface area contributed by atoms with Crippen LogP contribution in [0.25, 0.3) is 10.8 Å². The van der Waals surface area contributed by atoms with Gasteiger partial charge in [-0.15, -0.1) is 10.2 Å². The van der Waals surface area contributed by atoms with Gasteiger partial charge in [-0.3, -0.25) is 9.35 Å². The zero-order chi connectivity index (χ0) is 28.3. The number of hydrogen-bond donors (Lipinski definition) is 3. The molecule has 0 heterocycles. The average Bonchev–Trinajstić information content (AvgIpc) is 2.89. The number of ether oxygens (including phenoxy) is 1. The fraction of sp³-hybridized carbons (Fsp3) is 0.148. The lowest BCUT2D eigenvalue weighted by Gasteiger charge is -2.13. The molecule has 0 unspecified atom stereocenters. The van der Waals surface area contributed by atoms with Gasteiger partial charge in [-0.25, -0.2) is 0 Å². The highest BCUT2D eigenvalue weighted by Gasteiger charge is 2.21. The molecule has 12 heteroatoms. The molecule has 3 N–H and O–H groups in total. The molecule has 0 atom stereocenters. The first kappa shape index (κ1) is 28.3. The standard InChI is InChI=1S/C27H23Cl2N3O6S/c1-3-15-11-22(24(29)23(12-15)39(35,36)37)31-32-25-18-8-6-5-7-16(18)13-19(26(25)33)27(34)30-21-10-9-17(38-4-2)14-20(21)28/h5-14,33H,3-4H2,1-2H3,(H,30,34)(H,35,36,37). The quantitative estimate of drug-likeness (QED) is 0.142. The van der Waals surface area contributed by atoms with Gasteiger partial charge < -0.3 is 15.2 Å². The third-order valence-corrected chi connectivity index (χ3v) is 7.46. The number of aryl methyl sites for hydroxylation is 1. The molecule has 0 bridgehead atoms. The number of carbonyl (C=O) groups is 1. The Morgan fingerprint density at radius 1 is 1.03 bits per heavy atom. The number of benzene rings is 4. The summed E-state index contributed by atoms with van der Waals surface area (Å²) in [4.78, 5) is 12.7. The van der Waals surface area contributed by atoms with Gasteiger partial charge in [0.2, 0.25) is 0 Å². The Morgan fingerprint density at radius 2 is 1.77 bits per heavy atom. The Balaban J connectivity index is 1.79. The van der Waals surface area contributed by atoms with E-state index in [1.165, 1.54) is 18.2 Å². The molecule has 0 aliphatic heterocycles. The van der Waals surface area contributed by atoms with Crippen molar-refractivity contribution in [3.05, 3.63) is 81.8 Å². The van der Waals surface area contributed by atoms with Crippen LogP contribution in [-0.2, 0) is 16.5 Å². The summed E-state index contributed by atoms with van der Waals surface area (Å²) in [5.74, 6) is -0.574. The molecule has 0 aromatic heterocycles. The number of halogens is 2. The van der Waals surface area contributed by atoms with E-state index in [2.05, 4.69) is 15.5 Å². The lowest BCUT2D eigenvalue weighted by atomic mass is 10.0. The van der Waals surface area contributed by atoms with Crippen molar-refractivity contribution in [1.29, 1.82) is 0 Å². The van der Waals surface area contributed by atoms with Gasteiger partial charge in [0.15, 0.2) is 5.75 Å². The fourth-order valence-corrected chi connectivity index (χ4v) is 5.13. The van der Waals surface area contributed by atoms with Crippen LogP contribution in [0.1, 0.15) is 29.8 Å². The zero-order valence-electron chi connectivity index (χ0n) is 20.8. The first-order valence-corrected chi connectivity index (χ1v) is 13.9. The second-order valence-corrected chi connectivity index (χ2v) is 10.5. The summed E-state index contributed by atoms with van der Waals surface area (Å²) in [6.07, 6.45) is 0.431. The highest BCUT2D eigenvalue weighted by atomic mass is 35.5. The van der Waals surface area contributed by atoms with Crippen LogP contribution in [0.3, 0.4) is 0 Å². The molecule has 4 rings (SSSR count). The van der Waals surface area contributed by atoms with Crippen LogP contribution in [0.15, 0.2) is 75.8 Å². The van der Waals surface area contributed by atoms with Gasteiger partial charge in [-0.05, 0) is 54.6 Å². The summed E-state index contributed by atoms with van der Waals surface area (Å²) < 4.78 is 38.6. The second-order valence-electron chi connectivity index (χ2n) is 8.33. The summed E-state index contributed by atoms with van der Waals surface area (Å²) in [6, 6.07) is 16.0. The van der Waals surface area contributed by atoms with Crippen molar-refractivity contribution in [3.8, 4) is 11.5 Å². The van der Waals surface area contributed by atoms with Crippen LogP contribution >= 0.6 is 23.2 Å². The first-order chi connectivity index (χ1) is 18.5. The highest BCUT2D eigenvalue weighted by Crippen LogP contribution is 2.41. The van der Waals surface area contributed by atoms with E-state index in [1.807, 2.05) is 6.92 Å². The highest BCUT2D eigenvalue weighted by molar-refractivity contribution is 7.86. The smallest absolute Gasteiger partial charge is 0.296 e. The number of azo groups is 1. The van der Waals surface area contributed by atoms with E-state index in [9.17, 15) is 22.9 Å². The van der Waals surface area contributed by atoms with Crippen LogP contribution in [0, 0.1) is 0 Å². The molecule has 0 aliphatic carbocycles. The van der Waals surface area contributed by atoms with E-state index >= 15 is 0 Å². The van der Waals surface area contributed by atoms with E-state index < -0.39 is 26.7 Å². The van der Waals surface area contributed by atoms with E-state index in [1.54, 1.807) is 49.4 Å². The van der Waals surface area contributed by atoms with Gasteiger partial charge in [0, 0.05) is 11.5 Å². The molecule has 9 nitrogen and oxygen atoms in total. The number of amides is 1. The molecule has 39 heavy (non-hydrogen) atoms. The molecule has 0 saturated carbocycles. The van der Waals surface area contributed by atoms with Crippen molar-refractivity contribution in [3.63, 3.8) is 0 Å². The molecule has 0 spiro atoms. The van der Waals surface area contributed by atoms with E-state index in [-0.39, 0.29) is 27.0 Å². The van der Waals surface area contributed by atoms with Gasteiger partial charge >= 0.3 is 0 Å². The van der Waals surface area contributed by atoms with Crippen LogP contribution < -0.4 is 10.1 Å². The Labute approximate surface area is 234 Å². The lowest BCUT2D eigenvalue weighted by molar-refractivity contribution is 0.102. The molecule has 0 radical (unpaired) electrons. The van der Waals surface area contributed by atoms with Crippen molar-refractivity contribution in [2.45, 2.75) is 25.2 Å². The van der Waals surface area contributed by atoms with Gasteiger partial charge in [-0.1, -0.05) is 54.4 Å². The molecule has 4 aromatic carbocycles. The third-order valence-electron chi connectivity index (χ3n) is 5.76. The lowest BCUT2D eigenvalue weighted by Crippen LogP contribution is -2.12. The van der Waals surface area contributed by atoms with Crippen LogP contribution in [0.4, 0.5) is 17.1 Å². The fourth-order valence-electron chi connectivity index (χ4n) is 3.84. The molecular weight excluding hydrogens is 565 g/mol. The summed E-state index contributed by atoms with van der Waals surface area (Å²) in [6.45, 7) is 4.08. The van der Waals surface area contributed by atoms with Gasteiger partial charge in [0.1, 0.15) is 22.0 Å². The minimum Gasteiger partial charge on any atom is -0.505 e. The van der Waals surface area contributed by atoms with Crippen molar-refractivity contribution < 1.29 is 27.6 Å². The number of carbonyl (C=O) groups excluding carboxylic acids is 1. The number of hydrogen-bond acceptors (Lipinski definition) is 7. The average molecular weight is 588 g/mol. The van der Waals surface area contributed by atoms with Crippen LogP contribution in [0.5, 0.6) is 11.5 Å². The Kier molecular flexibility index (Phi) is 8.41. The maximum absolute atomic E-state index is 13.2. The molecule has 1 amide bonds. The first-order valence-electron chi connectivity index (χ1n) is 11.7. The zero-order valence-corrected chi connectivity index (χ0v) is 23.1. The van der Waals surface area contributed by atoms with Crippen molar-refractivity contribution in [2.24, 2.45) is 10.2 Å². The number of rotatable bonds is 8. The Morgan fingerprint density at radius 3 is 2.44 bits per heavy atom. The van der Waals surface area contributed by atoms with E-state index in [4.69, 9.17) is 27.9 Å². The predicted octanol–water partition coefficient (Wildman–Crippen LogP) is 7.73. The molecule has 202 valence electrons. The Bertz CT molecular complexity index is 1720. The second kappa shape index (κ2) is 11.6. The van der Waals surface area contributed by atoms with Crippen molar-refractivity contribution in [2.75, 3.05) is 11.9 Å². The number of phenolic OH excluding ortho intramolecular Hbond substituents is 1. The maximum Gasteiger partial charge on any atom is 0.296 e. The molecule has 4 aromatic rings. The number of nitrogens with zero attached hydrogens (tertiary/aromatic N) is 2. The van der Waals surface area contributed by atoms with Gasteiger partial charge in [0.25, 0.3) is 16.0 Å². The number of phenols is 1. The molecule has 0 saturated heterocycles. The number of nitrogens with one attached hydrogen (secondary N) is 1. The maximum atomic E-state index is 13.2. The van der Waals surface area contributed by atoms with Crippen LogP contribution in [-0.4, -0.2) is 30.6 Å². The largest absolute Gasteiger partial charge is 0.505 e. The minimum atomic E-state index is -4.63. The summed E-state index contributed by atoms with van der Waals surface area (Å²) in [5.41, 5.74) is 0.669. The normalized spacial score (nSPS) is 11.7.